The lowest BCUT2D eigenvalue weighted by molar-refractivity contribution is 0.456. The molecule has 5 nitrogen and oxygen atoms in total. The minimum atomic E-state index is 0.177. The van der Waals surface area contributed by atoms with E-state index >= 15 is 0 Å². The fourth-order valence-corrected chi connectivity index (χ4v) is 1.73. The first-order valence-corrected chi connectivity index (χ1v) is 6.39. The van der Waals surface area contributed by atoms with E-state index in [-0.39, 0.29) is 5.95 Å². The number of aromatic nitrogens is 2. The largest absolute Gasteiger partial charge is 0.457 e. The number of anilines is 1. The summed E-state index contributed by atoms with van der Waals surface area (Å²) in [6.45, 7) is 0. The van der Waals surface area contributed by atoms with Crippen LogP contribution >= 0.6 is 0 Å². The second-order valence-electron chi connectivity index (χ2n) is 4.24. The van der Waals surface area contributed by atoms with Gasteiger partial charge in [0.1, 0.15) is 17.2 Å². The first-order chi connectivity index (χ1) is 10.3. The monoisotopic (exact) mass is 279 g/mol. The van der Waals surface area contributed by atoms with E-state index < -0.39 is 0 Å². The molecule has 0 spiro atoms. The second kappa shape index (κ2) is 5.92. The molecule has 0 atom stereocenters. The summed E-state index contributed by atoms with van der Waals surface area (Å²) >= 11 is 0. The topological polar surface area (TPSA) is 70.3 Å². The van der Waals surface area contributed by atoms with Crippen molar-refractivity contribution in [1.29, 1.82) is 0 Å². The van der Waals surface area contributed by atoms with E-state index in [1.807, 2.05) is 42.5 Å². The van der Waals surface area contributed by atoms with Crippen LogP contribution in [0.4, 0.5) is 5.95 Å². The Morgan fingerprint density at radius 1 is 0.714 bits per heavy atom. The Hall–Kier alpha value is -3.08. The summed E-state index contributed by atoms with van der Waals surface area (Å²) in [7, 11) is 0. The molecule has 3 rings (SSSR count). The highest BCUT2D eigenvalue weighted by Gasteiger charge is 2.01. The number of rotatable bonds is 4. The van der Waals surface area contributed by atoms with Gasteiger partial charge in [-0.05, 0) is 36.4 Å². The molecule has 0 aliphatic carbocycles. The average molecular weight is 279 g/mol. The number of nitrogens with zero attached hydrogens (tertiary/aromatic N) is 2. The maximum Gasteiger partial charge on any atom is 0.224 e. The molecule has 0 fully saturated rings. The smallest absolute Gasteiger partial charge is 0.224 e. The maximum atomic E-state index is 5.70. The maximum absolute atomic E-state index is 5.70. The minimum Gasteiger partial charge on any atom is -0.457 e. The van der Waals surface area contributed by atoms with Crippen molar-refractivity contribution in [3.63, 3.8) is 0 Å². The average Bonchev–Trinajstić information content (AvgIpc) is 2.50. The molecule has 0 saturated carbocycles. The Bertz CT molecular complexity index is 715. The van der Waals surface area contributed by atoms with Crippen LogP contribution in [0.25, 0.3) is 0 Å². The summed E-state index contributed by atoms with van der Waals surface area (Å²) < 4.78 is 11.3. The van der Waals surface area contributed by atoms with E-state index in [0.717, 1.165) is 11.5 Å². The summed E-state index contributed by atoms with van der Waals surface area (Å²) in [4.78, 5) is 7.78. The first kappa shape index (κ1) is 12.9. The van der Waals surface area contributed by atoms with Gasteiger partial charge >= 0.3 is 0 Å². The minimum absolute atomic E-state index is 0.177. The van der Waals surface area contributed by atoms with E-state index in [9.17, 15) is 0 Å². The standard InChI is InChI=1S/C16H13N3O2/c17-16-18-11-10-15(19-16)21-14-8-6-13(7-9-14)20-12-4-2-1-3-5-12/h1-11H,(H2,17,18,19). The van der Waals surface area contributed by atoms with Crippen LogP contribution in [-0.2, 0) is 0 Å². The molecule has 5 heteroatoms. The van der Waals surface area contributed by atoms with Crippen LogP contribution in [0.1, 0.15) is 0 Å². The van der Waals surface area contributed by atoms with Crippen LogP contribution in [0, 0.1) is 0 Å². The molecule has 2 aromatic carbocycles. The first-order valence-electron chi connectivity index (χ1n) is 6.39. The van der Waals surface area contributed by atoms with E-state index in [1.165, 1.54) is 0 Å². The lowest BCUT2D eigenvalue weighted by Gasteiger charge is -2.07. The number of ether oxygens (including phenoxy) is 2. The molecule has 1 heterocycles. The number of benzene rings is 2. The summed E-state index contributed by atoms with van der Waals surface area (Å²) in [6.07, 6.45) is 1.55. The molecule has 0 amide bonds. The lowest BCUT2D eigenvalue weighted by atomic mass is 10.3. The van der Waals surface area contributed by atoms with Gasteiger partial charge in [0.05, 0.1) is 0 Å². The van der Waals surface area contributed by atoms with Crippen molar-refractivity contribution in [2.24, 2.45) is 0 Å². The number of hydrogen-bond acceptors (Lipinski definition) is 5. The van der Waals surface area contributed by atoms with Crippen molar-refractivity contribution >= 4 is 5.95 Å². The molecule has 0 radical (unpaired) electrons. The zero-order chi connectivity index (χ0) is 14.5. The number of nitrogen functional groups attached to an aromatic ring is 1. The highest BCUT2D eigenvalue weighted by atomic mass is 16.5. The van der Waals surface area contributed by atoms with Crippen LogP contribution in [0.3, 0.4) is 0 Å². The molecular formula is C16H13N3O2. The zero-order valence-corrected chi connectivity index (χ0v) is 11.1. The van der Waals surface area contributed by atoms with Crippen molar-refractivity contribution in [3.8, 4) is 23.1 Å². The molecule has 1 aromatic heterocycles. The van der Waals surface area contributed by atoms with Gasteiger partial charge in [-0.25, -0.2) is 4.98 Å². The molecular weight excluding hydrogens is 266 g/mol. The van der Waals surface area contributed by atoms with Gasteiger partial charge in [0, 0.05) is 12.3 Å². The van der Waals surface area contributed by atoms with Gasteiger partial charge in [-0.3, -0.25) is 0 Å². The van der Waals surface area contributed by atoms with Crippen LogP contribution in [0.2, 0.25) is 0 Å². The van der Waals surface area contributed by atoms with Crippen LogP contribution in [0.15, 0.2) is 66.9 Å². The highest BCUT2D eigenvalue weighted by Crippen LogP contribution is 2.25. The zero-order valence-electron chi connectivity index (χ0n) is 11.1. The van der Waals surface area contributed by atoms with E-state index in [0.29, 0.717) is 11.6 Å². The number of nitrogens with two attached hydrogens (primary N) is 1. The van der Waals surface area contributed by atoms with E-state index in [2.05, 4.69) is 9.97 Å². The van der Waals surface area contributed by atoms with Gasteiger partial charge in [-0.15, -0.1) is 0 Å². The predicted octanol–water partition coefficient (Wildman–Crippen LogP) is 3.64. The van der Waals surface area contributed by atoms with Crippen LogP contribution in [0.5, 0.6) is 23.1 Å². The molecule has 0 bridgehead atoms. The molecule has 0 aliphatic heterocycles. The Kier molecular flexibility index (Phi) is 3.64. The summed E-state index contributed by atoms with van der Waals surface area (Å²) in [6, 6.07) is 18.5. The van der Waals surface area contributed by atoms with E-state index in [1.54, 1.807) is 24.4 Å². The molecule has 0 aliphatic rings. The molecule has 104 valence electrons. The van der Waals surface area contributed by atoms with Gasteiger partial charge in [0.25, 0.3) is 0 Å². The Morgan fingerprint density at radius 3 is 2.00 bits per heavy atom. The number of hydrogen-bond donors (Lipinski definition) is 1. The Labute approximate surface area is 122 Å². The van der Waals surface area contributed by atoms with Crippen molar-refractivity contribution in [2.45, 2.75) is 0 Å². The van der Waals surface area contributed by atoms with Crippen molar-refractivity contribution < 1.29 is 9.47 Å². The molecule has 21 heavy (non-hydrogen) atoms. The Balaban J connectivity index is 1.69. The SMILES string of the molecule is Nc1nccc(Oc2ccc(Oc3ccccc3)cc2)n1. The summed E-state index contributed by atoms with van der Waals surface area (Å²) in [5, 5.41) is 0. The fraction of sp³-hybridized carbons (Fsp3) is 0. The normalized spacial score (nSPS) is 10.1. The van der Waals surface area contributed by atoms with Crippen LogP contribution in [-0.4, -0.2) is 9.97 Å². The molecule has 2 N–H and O–H groups in total. The summed E-state index contributed by atoms with van der Waals surface area (Å²) in [5.41, 5.74) is 5.50. The third-order valence-electron chi connectivity index (χ3n) is 2.67. The van der Waals surface area contributed by atoms with Gasteiger partial charge in [-0.1, -0.05) is 18.2 Å². The predicted molar refractivity (Wildman–Crippen MR) is 79.5 cm³/mol. The van der Waals surface area contributed by atoms with E-state index in [4.69, 9.17) is 15.2 Å². The molecule has 0 unspecified atom stereocenters. The van der Waals surface area contributed by atoms with Crippen LogP contribution < -0.4 is 15.2 Å². The molecule has 3 aromatic rings. The quantitative estimate of drug-likeness (QED) is 0.789. The second-order valence-corrected chi connectivity index (χ2v) is 4.24. The van der Waals surface area contributed by atoms with Crippen molar-refractivity contribution in [2.75, 3.05) is 5.73 Å². The highest BCUT2D eigenvalue weighted by molar-refractivity contribution is 5.37. The number of para-hydroxylation sites is 1. The third kappa shape index (κ3) is 3.48. The van der Waals surface area contributed by atoms with Crippen molar-refractivity contribution in [1.82, 2.24) is 9.97 Å². The third-order valence-corrected chi connectivity index (χ3v) is 2.67. The summed E-state index contributed by atoms with van der Waals surface area (Å²) in [5.74, 6) is 2.75. The van der Waals surface area contributed by atoms with Crippen molar-refractivity contribution in [3.05, 3.63) is 66.9 Å². The van der Waals surface area contributed by atoms with Gasteiger partial charge in [0.15, 0.2) is 0 Å². The van der Waals surface area contributed by atoms with Gasteiger partial charge in [0.2, 0.25) is 11.8 Å². The Morgan fingerprint density at radius 2 is 1.33 bits per heavy atom. The fourth-order valence-electron chi connectivity index (χ4n) is 1.73. The molecule has 0 saturated heterocycles. The lowest BCUT2D eigenvalue weighted by Crippen LogP contribution is -1.95. The van der Waals surface area contributed by atoms with Gasteiger partial charge in [-0.2, -0.15) is 4.98 Å². The van der Waals surface area contributed by atoms with Gasteiger partial charge < -0.3 is 15.2 Å².